The minimum atomic E-state index is 0. The Hall–Kier alpha value is 0.0600. The average Bonchev–Trinajstić information content (AvgIpc) is 1.46. The van der Waals surface area contributed by atoms with Crippen LogP contribution in [0.2, 0.25) is 0 Å². The normalized spacial score (nSPS) is 2.43. The molecule has 0 fully saturated rings. The highest BCUT2D eigenvalue weighted by atomic mass is 35.5. The van der Waals surface area contributed by atoms with Gasteiger partial charge in [-0.05, 0) is 6.92 Å². The van der Waals surface area contributed by atoms with Gasteiger partial charge in [0, 0.05) is 0 Å². The molecule has 0 bridgehead atoms. The summed E-state index contributed by atoms with van der Waals surface area (Å²) in [6, 6.07) is 0. The number of halogens is 2. The number of hydrogen-bond donors (Lipinski definition) is 0. The molecule has 0 N–H and O–H groups in total. The summed E-state index contributed by atoms with van der Waals surface area (Å²) in [5, 5.41) is 0. The Morgan fingerprint density at radius 2 is 1.14 bits per heavy atom. The van der Waals surface area contributed by atoms with E-state index in [0.29, 0.717) is 0 Å². The number of hydrogen-bond acceptors (Lipinski definition) is 0. The fraction of sp³-hybridized carbons (Fsp3) is 0.200. The van der Waals surface area contributed by atoms with Gasteiger partial charge in [0.2, 0.25) is 0 Å². The first kappa shape index (κ1) is 27.7. The zero-order valence-corrected chi connectivity index (χ0v) is 6.15. The van der Waals surface area contributed by atoms with Gasteiger partial charge in [-0.25, -0.2) is 0 Å². The molecule has 2 heteroatoms. The summed E-state index contributed by atoms with van der Waals surface area (Å²) >= 11 is 0. The van der Waals surface area contributed by atoms with Gasteiger partial charge in [-0.1, -0.05) is 6.08 Å². The lowest BCUT2D eigenvalue weighted by molar-refractivity contribution is 1.80. The molecule has 0 radical (unpaired) electrons. The fourth-order valence-corrected chi connectivity index (χ4v) is 0. The Morgan fingerprint density at radius 1 is 1.14 bits per heavy atom. The Kier molecular flexibility index (Phi) is 546. The lowest BCUT2D eigenvalue weighted by Crippen LogP contribution is -1.07. The van der Waals surface area contributed by atoms with Gasteiger partial charge >= 0.3 is 0 Å². The minimum absolute atomic E-state index is 0. The lowest BCUT2D eigenvalue weighted by atomic mass is 10.8. The van der Waals surface area contributed by atoms with E-state index < -0.39 is 0 Å². The van der Waals surface area contributed by atoms with Crippen molar-refractivity contribution in [1.82, 2.24) is 0 Å². The molecule has 7 heavy (non-hydrogen) atoms. The van der Waals surface area contributed by atoms with Crippen molar-refractivity contribution >= 4 is 24.8 Å². The zero-order chi connectivity index (χ0) is 4.71. The van der Waals surface area contributed by atoms with Crippen molar-refractivity contribution in [1.29, 1.82) is 0 Å². The smallest absolute Gasteiger partial charge is 0.0473 e. The van der Waals surface area contributed by atoms with Gasteiger partial charge in [0.1, 0.15) is 0 Å². The fourth-order valence-electron chi connectivity index (χ4n) is 0. The zero-order valence-electron chi connectivity index (χ0n) is 4.52. The second-order valence-electron chi connectivity index (χ2n) is 0.408. The van der Waals surface area contributed by atoms with Gasteiger partial charge in [-0.2, -0.15) is 0 Å². The Morgan fingerprint density at radius 3 is 1.14 bits per heavy atom. The van der Waals surface area contributed by atoms with Crippen molar-refractivity contribution in [2.24, 2.45) is 0 Å². The second-order valence-corrected chi connectivity index (χ2v) is 0.408. The van der Waals surface area contributed by atoms with Crippen LogP contribution in [0.4, 0.5) is 0 Å². The van der Waals surface area contributed by atoms with Gasteiger partial charge in [0.25, 0.3) is 0 Å². The summed E-state index contributed by atoms with van der Waals surface area (Å²) in [5.74, 6) is 0. The lowest BCUT2D eigenvalue weighted by Gasteiger charge is -1.31. The summed E-state index contributed by atoms with van der Waals surface area (Å²) in [4.78, 5) is 0. The minimum Gasteiger partial charge on any atom is -0.147 e. The van der Waals surface area contributed by atoms with Crippen molar-refractivity contribution in [3.63, 3.8) is 0 Å². The van der Waals surface area contributed by atoms with Gasteiger partial charge in [0.15, 0.2) is 0 Å². The quantitative estimate of drug-likeness (QED) is 0.457. The van der Waals surface area contributed by atoms with Gasteiger partial charge in [-0.3, -0.25) is 0 Å². The van der Waals surface area contributed by atoms with Crippen molar-refractivity contribution in [2.45, 2.75) is 6.92 Å². The largest absolute Gasteiger partial charge is 0.147 e. The van der Waals surface area contributed by atoms with Crippen LogP contribution < -0.4 is 0 Å². The molecule has 0 saturated heterocycles. The second kappa shape index (κ2) is 138. The Bertz CT molecular complexity index is 20.0. The third-order valence-electron chi connectivity index (χ3n) is 0. The molecule has 0 amide bonds. The molecule has 0 nitrogen and oxygen atoms in total. The van der Waals surface area contributed by atoms with Crippen LogP contribution in [-0.2, 0) is 0 Å². The summed E-state index contributed by atoms with van der Waals surface area (Å²) in [6.07, 6.45) is 1.75. The van der Waals surface area contributed by atoms with E-state index in [9.17, 15) is 0 Å². The molecule has 0 aliphatic carbocycles. The van der Waals surface area contributed by atoms with E-state index in [2.05, 4.69) is 19.7 Å². The SMILES string of the molecule is C=C.C=CC.Cl.Cl. The van der Waals surface area contributed by atoms with E-state index in [4.69, 9.17) is 0 Å². The van der Waals surface area contributed by atoms with Crippen molar-refractivity contribution in [3.05, 3.63) is 25.8 Å². The van der Waals surface area contributed by atoms with Crippen LogP contribution >= 0.6 is 24.8 Å². The predicted octanol–water partition coefficient (Wildman–Crippen LogP) is 2.84. The summed E-state index contributed by atoms with van der Waals surface area (Å²) < 4.78 is 0. The molecule has 0 unspecified atom stereocenters. The molecule has 0 aliphatic heterocycles. The first-order valence-electron chi connectivity index (χ1n) is 1.49. The monoisotopic (exact) mass is 142 g/mol. The third kappa shape index (κ3) is 27700. The van der Waals surface area contributed by atoms with E-state index in [1.807, 2.05) is 6.92 Å². The molecule has 0 spiro atoms. The molecule has 0 aliphatic rings. The highest BCUT2D eigenvalue weighted by Gasteiger charge is 1.15. The van der Waals surface area contributed by atoms with Gasteiger partial charge < -0.3 is 0 Å². The van der Waals surface area contributed by atoms with E-state index in [-0.39, 0.29) is 24.8 Å². The topological polar surface area (TPSA) is 0 Å². The predicted molar refractivity (Wildman–Crippen MR) is 41.6 cm³/mol. The molecule has 0 rings (SSSR count). The third-order valence-corrected chi connectivity index (χ3v) is 0. The van der Waals surface area contributed by atoms with Gasteiger partial charge in [-0.15, -0.1) is 44.6 Å². The standard InChI is InChI=1S/C3H6.C2H4.2ClH/c1-3-2;1-2;;/h3H,1H2,2H3;1-2H2;2*1H. The molecule has 0 aromatic carbocycles. The molecule has 0 aromatic rings. The maximum atomic E-state index is 3.36. The van der Waals surface area contributed by atoms with Crippen molar-refractivity contribution in [2.75, 3.05) is 0 Å². The van der Waals surface area contributed by atoms with Crippen LogP contribution in [0.5, 0.6) is 0 Å². The molecular formula is C5H12Cl2. The van der Waals surface area contributed by atoms with Crippen LogP contribution in [0.25, 0.3) is 0 Å². The molecule has 0 aromatic heterocycles. The average molecular weight is 143 g/mol. The van der Waals surface area contributed by atoms with Crippen LogP contribution in [0.1, 0.15) is 6.92 Å². The summed E-state index contributed by atoms with van der Waals surface area (Å²) in [5.41, 5.74) is 0. The molecule has 0 saturated carbocycles. The first-order chi connectivity index (χ1) is 2.41. The van der Waals surface area contributed by atoms with Crippen LogP contribution in [0.15, 0.2) is 25.8 Å². The maximum Gasteiger partial charge on any atom is -0.0473 e. The van der Waals surface area contributed by atoms with Crippen molar-refractivity contribution < 1.29 is 0 Å². The maximum absolute atomic E-state index is 3.36. The van der Waals surface area contributed by atoms with E-state index in [1.54, 1.807) is 6.08 Å². The molecule has 0 heterocycles. The Balaban J connectivity index is -0.0000000105. The highest BCUT2D eigenvalue weighted by molar-refractivity contribution is 5.85. The molecule has 46 valence electrons. The summed E-state index contributed by atoms with van der Waals surface area (Å²) in [7, 11) is 0. The molecule has 0 atom stereocenters. The van der Waals surface area contributed by atoms with Crippen LogP contribution in [0.3, 0.4) is 0 Å². The molecular weight excluding hydrogens is 131 g/mol. The van der Waals surface area contributed by atoms with E-state index in [1.165, 1.54) is 0 Å². The van der Waals surface area contributed by atoms with E-state index >= 15 is 0 Å². The highest BCUT2D eigenvalue weighted by Crippen LogP contribution is 1.38. The number of allylic oxidation sites excluding steroid dienone is 1. The first-order valence-corrected chi connectivity index (χ1v) is 1.49. The van der Waals surface area contributed by atoms with E-state index in [0.717, 1.165) is 0 Å². The van der Waals surface area contributed by atoms with Crippen molar-refractivity contribution in [3.8, 4) is 0 Å². The van der Waals surface area contributed by atoms with Crippen LogP contribution in [-0.4, -0.2) is 0 Å². The summed E-state index contributed by atoms with van der Waals surface area (Å²) in [6.45, 7) is 11.2. The van der Waals surface area contributed by atoms with Crippen LogP contribution in [0, 0.1) is 0 Å². The number of rotatable bonds is 0. The Labute approximate surface area is 58.1 Å². The van der Waals surface area contributed by atoms with Gasteiger partial charge in [0.05, 0.1) is 0 Å².